The van der Waals surface area contributed by atoms with Gasteiger partial charge in [0, 0.05) is 0 Å². The van der Waals surface area contributed by atoms with Gasteiger partial charge < -0.3 is 9.84 Å². The van der Waals surface area contributed by atoms with Crippen LogP contribution in [0.1, 0.15) is 43.0 Å². The first-order valence-electron chi connectivity index (χ1n) is 5.80. The highest BCUT2D eigenvalue weighted by atomic mass is 127. The Labute approximate surface area is 115 Å². The van der Waals surface area contributed by atoms with Crippen molar-refractivity contribution in [2.45, 2.75) is 32.6 Å². The topological polar surface area (TPSA) is 46.5 Å². The molecule has 94 valence electrons. The molecule has 0 bridgehead atoms. The van der Waals surface area contributed by atoms with E-state index in [1.807, 2.05) is 22.6 Å². The average Bonchev–Trinajstić information content (AvgIpc) is 2.32. The molecule has 0 saturated heterocycles. The summed E-state index contributed by atoms with van der Waals surface area (Å²) in [5, 5.41) is 9.34. The van der Waals surface area contributed by atoms with Crippen molar-refractivity contribution in [1.82, 2.24) is 0 Å². The largest absolute Gasteiger partial charge is 0.507 e. The van der Waals surface area contributed by atoms with Crippen molar-refractivity contribution in [3.8, 4) is 5.75 Å². The number of halogens is 1. The summed E-state index contributed by atoms with van der Waals surface area (Å²) in [6, 6.07) is 4.71. The number of rotatable bonds is 6. The number of esters is 1. The van der Waals surface area contributed by atoms with Crippen LogP contribution in [-0.2, 0) is 4.74 Å². The summed E-state index contributed by atoms with van der Waals surface area (Å²) in [6.07, 6.45) is 4.35. The van der Waals surface area contributed by atoms with E-state index in [1.54, 1.807) is 12.1 Å². The molecule has 1 aromatic rings. The fraction of sp³-hybridized carbons (Fsp3) is 0.462. The minimum Gasteiger partial charge on any atom is -0.507 e. The molecule has 0 spiro atoms. The predicted molar refractivity (Wildman–Crippen MR) is 75.2 cm³/mol. The Balaban J connectivity index is 2.39. The monoisotopic (exact) mass is 348 g/mol. The van der Waals surface area contributed by atoms with Crippen LogP contribution in [0.5, 0.6) is 5.75 Å². The Morgan fingerprint density at radius 2 is 2.12 bits per heavy atom. The van der Waals surface area contributed by atoms with Crippen LogP contribution in [0.4, 0.5) is 0 Å². The van der Waals surface area contributed by atoms with Crippen LogP contribution in [0.3, 0.4) is 0 Å². The first kappa shape index (κ1) is 14.3. The van der Waals surface area contributed by atoms with Crippen molar-refractivity contribution < 1.29 is 14.6 Å². The molecular formula is C13H17IO3. The zero-order valence-electron chi connectivity index (χ0n) is 9.91. The summed E-state index contributed by atoms with van der Waals surface area (Å²) < 4.78 is 5.80. The molecule has 0 aromatic heterocycles. The minimum absolute atomic E-state index is 0.185. The molecule has 0 heterocycles. The molecule has 4 heteroatoms. The number of aromatic hydroxyl groups is 1. The fourth-order valence-corrected chi connectivity index (χ4v) is 1.93. The van der Waals surface area contributed by atoms with Gasteiger partial charge in [0.05, 0.1) is 15.7 Å². The molecule has 0 amide bonds. The summed E-state index contributed by atoms with van der Waals surface area (Å²) in [5.74, 6) is -0.135. The Hall–Kier alpha value is -0.780. The Morgan fingerprint density at radius 3 is 2.76 bits per heavy atom. The van der Waals surface area contributed by atoms with E-state index in [-0.39, 0.29) is 11.7 Å². The molecule has 0 unspecified atom stereocenters. The predicted octanol–water partition coefficient (Wildman–Crippen LogP) is 3.73. The van der Waals surface area contributed by atoms with Crippen LogP contribution in [0, 0.1) is 3.57 Å². The quantitative estimate of drug-likeness (QED) is 0.484. The van der Waals surface area contributed by atoms with Gasteiger partial charge in [-0.3, -0.25) is 0 Å². The molecule has 0 aliphatic rings. The first-order valence-corrected chi connectivity index (χ1v) is 6.88. The molecule has 0 radical (unpaired) electrons. The highest BCUT2D eigenvalue weighted by Crippen LogP contribution is 2.20. The third-order valence-electron chi connectivity index (χ3n) is 2.41. The van der Waals surface area contributed by atoms with Crippen LogP contribution in [-0.4, -0.2) is 17.7 Å². The Morgan fingerprint density at radius 1 is 1.35 bits per heavy atom. The fourth-order valence-electron chi connectivity index (χ4n) is 1.41. The summed E-state index contributed by atoms with van der Waals surface area (Å²) in [7, 11) is 0. The lowest BCUT2D eigenvalue weighted by atomic mass is 10.2. The van der Waals surface area contributed by atoms with Gasteiger partial charge in [-0.1, -0.05) is 26.2 Å². The van der Waals surface area contributed by atoms with E-state index in [2.05, 4.69) is 6.92 Å². The van der Waals surface area contributed by atoms with Crippen molar-refractivity contribution in [2.24, 2.45) is 0 Å². The van der Waals surface area contributed by atoms with Crippen molar-refractivity contribution >= 4 is 28.6 Å². The van der Waals surface area contributed by atoms with Crippen molar-refractivity contribution in [1.29, 1.82) is 0 Å². The van der Waals surface area contributed by atoms with Gasteiger partial charge in [-0.25, -0.2) is 4.79 Å². The molecule has 0 aliphatic carbocycles. The Bertz CT molecular complexity index is 377. The van der Waals surface area contributed by atoms with Gasteiger partial charge in [-0.15, -0.1) is 0 Å². The third kappa shape index (κ3) is 4.93. The number of carbonyl (C=O) groups excluding carboxylic acids is 1. The summed E-state index contributed by atoms with van der Waals surface area (Å²) >= 11 is 1.98. The van der Waals surface area contributed by atoms with Crippen LogP contribution in [0.15, 0.2) is 18.2 Å². The maximum absolute atomic E-state index is 11.6. The number of benzene rings is 1. The van der Waals surface area contributed by atoms with E-state index < -0.39 is 0 Å². The third-order valence-corrected chi connectivity index (χ3v) is 3.28. The number of hydrogen-bond donors (Lipinski definition) is 1. The lowest BCUT2D eigenvalue weighted by molar-refractivity contribution is 0.0497. The second kappa shape index (κ2) is 7.53. The first-order chi connectivity index (χ1) is 8.15. The smallest absolute Gasteiger partial charge is 0.338 e. The molecular weight excluding hydrogens is 331 g/mol. The molecule has 0 atom stereocenters. The van der Waals surface area contributed by atoms with Crippen LogP contribution < -0.4 is 0 Å². The van der Waals surface area contributed by atoms with E-state index in [9.17, 15) is 9.90 Å². The van der Waals surface area contributed by atoms with Crippen LogP contribution in [0.2, 0.25) is 0 Å². The van der Waals surface area contributed by atoms with Gasteiger partial charge in [-0.2, -0.15) is 0 Å². The lowest BCUT2D eigenvalue weighted by Crippen LogP contribution is -2.06. The van der Waals surface area contributed by atoms with E-state index in [4.69, 9.17) is 4.74 Å². The van der Waals surface area contributed by atoms with Crippen molar-refractivity contribution in [2.75, 3.05) is 6.61 Å². The van der Waals surface area contributed by atoms with Gasteiger partial charge in [0.25, 0.3) is 0 Å². The van der Waals surface area contributed by atoms with Gasteiger partial charge in [0.15, 0.2) is 0 Å². The van der Waals surface area contributed by atoms with E-state index in [0.29, 0.717) is 15.7 Å². The number of hydrogen-bond acceptors (Lipinski definition) is 3. The van der Waals surface area contributed by atoms with Crippen LogP contribution in [0.25, 0.3) is 0 Å². The summed E-state index contributed by atoms with van der Waals surface area (Å²) in [5.41, 5.74) is 0.489. The molecule has 0 fully saturated rings. The number of unbranched alkanes of at least 4 members (excludes halogenated alkanes) is 3. The highest BCUT2D eigenvalue weighted by Gasteiger charge is 2.08. The standard InChI is InChI=1S/C13H17IO3/c1-2-3-4-5-8-17-13(16)10-6-7-12(15)11(14)9-10/h6-7,9,15H,2-5,8H2,1H3. The minimum atomic E-state index is -0.320. The SMILES string of the molecule is CCCCCCOC(=O)c1ccc(O)c(I)c1. The van der Waals surface area contributed by atoms with E-state index >= 15 is 0 Å². The average molecular weight is 348 g/mol. The van der Waals surface area contributed by atoms with Crippen LogP contribution >= 0.6 is 22.6 Å². The molecule has 1 N–H and O–H groups in total. The lowest BCUT2D eigenvalue weighted by Gasteiger charge is -2.05. The molecule has 1 aromatic carbocycles. The maximum atomic E-state index is 11.6. The van der Waals surface area contributed by atoms with Crippen molar-refractivity contribution in [3.05, 3.63) is 27.3 Å². The van der Waals surface area contributed by atoms with Gasteiger partial charge in [0.2, 0.25) is 0 Å². The van der Waals surface area contributed by atoms with Gasteiger partial charge in [0.1, 0.15) is 5.75 Å². The van der Waals surface area contributed by atoms with E-state index in [1.165, 1.54) is 18.9 Å². The number of carbonyl (C=O) groups is 1. The zero-order chi connectivity index (χ0) is 12.7. The Kier molecular flexibility index (Phi) is 6.32. The van der Waals surface area contributed by atoms with Crippen molar-refractivity contribution in [3.63, 3.8) is 0 Å². The molecule has 17 heavy (non-hydrogen) atoms. The number of phenols is 1. The maximum Gasteiger partial charge on any atom is 0.338 e. The highest BCUT2D eigenvalue weighted by molar-refractivity contribution is 14.1. The number of ether oxygens (including phenoxy) is 1. The summed E-state index contributed by atoms with van der Waals surface area (Å²) in [6.45, 7) is 2.61. The van der Waals surface area contributed by atoms with Gasteiger partial charge >= 0.3 is 5.97 Å². The normalized spacial score (nSPS) is 10.2. The second-order valence-electron chi connectivity index (χ2n) is 3.86. The summed E-state index contributed by atoms with van der Waals surface area (Å²) in [4.78, 5) is 11.6. The number of phenolic OH excluding ortho intramolecular Hbond substituents is 1. The van der Waals surface area contributed by atoms with E-state index in [0.717, 1.165) is 12.8 Å². The molecule has 3 nitrogen and oxygen atoms in total. The zero-order valence-corrected chi connectivity index (χ0v) is 12.1. The second-order valence-corrected chi connectivity index (χ2v) is 5.02. The molecule has 0 saturated carbocycles. The molecule has 0 aliphatic heterocycles. The van der Waals surface area contributed by atoms with Gasteiger partial charge in [-0.05, 0) is 47.2 Å². The molecule has 1 rings (SSSR count).